The topological polar surface area (TPSA) is 72.3 Å². The summed E-state index contributed by atoms with van der Waals surface area (Å²) in [4.78, 5) is 11.5. The molecule has 0 radical (unpaired) electrons. The molecule has 0 rings (SSSR count). The van der Waals surface area contributed by atoms with Gasteiger partial charge < -0.3 is 11.5 Å². The Balaban J connectivity index is 4.79. The maximum Gasteiger partial charge on any atom is 0.405 e. The summed E-state index contributed by atoms with van der Waals surface area (Å²) in [6, 6.07) is -2.95. The van der Waals surface area contributed by atoms with Crippen LogP contribution in [-0.2, 0) is 4.79 Å². The summed E-state index contributed by atoms with van der Waals surface area (Å²) in [5.41, 5.74) is 10.1. The zero-order valence-corrected chi connectivity index (χ0v) is 8.71. The van der Waals surface area contributed by atoms with Crippen molar-refractivity contribution in [3.05, 3.63) is 0 Å². The average molecular weight is 227 g/mol. The first-order valence-electron chi connectivity index (χ1n) is 4.54. The van der Waals surface area contributed by atoms with Gasteiger partial charge in [0.05, 0.1) is 6.54 Å². The predicted molar refractivity (Wildman–Crippen MR) is 49.9 cm³/mol. The van der Waals surface area contributed by atoms with Gasteiger partial charge in [-0.05, 0) is 13.5 Å². The van der Waals surface area contributed by atoms with Crippen LogP contribution in [0, 0.1) is 0 Å². The molecule has 0 aliphatic carbocycles. The van der Waals surface area contributed by atoms with Crippen molar-refractivity contribution in [2.24, 2.45) is 11.5 Å². The number of alkyl halides is 3. The Hall–Kier alpha value is -0.820. The van der Waals surface area contributed by atoms with Gasteiger partial charge in [-0.15, -0.1) is 0 Å². The van der Waals surface area contributed by atoms with Gasteiger partial charge in [0.15, 0.2) is 0 Å². The first kappa shape index (κ1) is 14.2. The van der Waals surface area contributed by atoms with Gasteiger partial charge in [0.2, 0.25) is 5.91 Å². The van der Waals surface area contributed by atoms with Gasteiger partial charge in [-0.1, -0.05) is 6.92 Å². The zero-order valence-electron chi connectivity index (χ0n) is 8.71. The Morgan fingerprint density at radius 3 is 2.13 bits per heavy atom. The summed E-state index contributed by atoms with van der Waals surface area (Å²) in [7, 11) is 0. The number of hydrogen-bond donors (Lipinski definition) is 2. The largest absolute Gasteiger partial charge is 0.405 e. The molecule has 2 atom stereocenters. The first-order valence-corrected chi connectivity index (χ1v) is 4.54. The van der Waals surface area contributed by atoms with E-state index in [1.165, 1.54) is 13.8 Å². The number of halogens is 3. The molecule has 0 aromatic heterocycles. The minimum absolute atomic E-state index is 0.0641. The molecule has 4 nitrogen and oxygen atoms in total. The fraction of sp³-hybridized carbons (Fsp3) is 0.875. The summed E-state index contributed by atoms with van der Waals surface area (Å²) in [5.74, 6) is -0.799. The van der Waals surface area contributed by atoms with Crippen molar-refractivity contribution in [3.63, 3.8) is 0 Å². The Bertz CT molecular complexity index is 218. The van der Waals surface area contributed by atoms with E-state index in [4.69, 9.17) is 11.5 Å². The maximum atomic E-state index is 12.6. The van der Waals surface area contributed by atoms with Crippen LogP contribution in [0.4, 0.5) is 13.2 Å². The second-order valence-corrected chi connectivity index (χ2v) is 3.37. The number of primary amides is 1. The standard InChI is InChI=1S/C8H16F3N3O/c1-3-14(4-6(13)15)7(5(2)12)8(9,10)11/h5,7H,3-4,12H2,1-2H3,(H2,13,15). The number of amides is 1. The maximum absolute atomic E-state index is 12.6. The molecule has 7 heteroatoms. The lowest BCUT2D eigenvalue weighted by atomic mass is 10.1. The molecule has 0 aliphatic heterocycles. The van der Waals surface area contributed by atoms with E-state index < -0.39 is 30.7 Å². The lowest BCUT2D eigenvalue weighted by molar-refractivity contribution is -0.187. The summed E-state index contributed by atoms with van der Waals surface area (Å²) < 4.78 is 37.8. The van der Waals surface area contributed by atoms with Gasteiger partial charge in [-0.25, -0.2) is 0 Å². The molecular weight excluding hydrogens is 211 g/mol. The van der Waals surface area contributed by atoms with Crippen molar-refractivity contribution in [2.75, 3.05) is 13.1 Å². The van der Waals surface area contributed by atoms with Crippen molar-refractivity contribution < 1.29 is 18.0 Å². The first-order chi connectivity index (χ1) is 6.70. The van der Waals surface area contributed by atoms with Gasteiger partial charge in [-0.3, -0.25) is 9.69 Å². The monoisotopic (exact) mass is 227 g/mol. The van der Waals surface area contributed by atoms with Gasteiger partial charge in [0, 0.05) is 6.04 Å². The van der Waals surface area contributed by atoms with Gasteiger partial charge >= 0.3 is 6.18 Å². The van der Waals surface area contributed by atoms with Crippen LogP contribution in [0.1, 0.15) is 13.8 Å². The summed E-state index contributed by atoms with van der Waals surface area (Å²) >= 11 is 0. The highest BCUT2D eigenvalue weighted by molar-refractivity contribution is 5.76. The third-order valence-electron chi connectivity index (χ3n) is 1.99. The number of rotatable bonds is 5. The third-order valence-corrected chi connectivity index (χ3v) is 1.99. The van der Waals surface area contributed by atoms with E-state index >= 15 is 0 Å². The quantitative estimate of drug-likeness (QED) is 0.698. The highest BCUT2D eigenvalue weighted by atomic mass is 19.4. The van der Waals surface area contributed by atoms with Gasteiger partial charge in [0.25, 0.3) is 0 Å². The van der Waals surface area contributed by atoms with Crippen molar-refractivity contribution >= 4 is 5.91 Å². The van der Waals surface area contributed by atoms with Gasteiger partial charge in [-0.2, -0.15) is 13.2 Å². The Morgan fingerprint density at radius 2 is 1.93 bits per heavy atom. The normalized spacial score (nSPS) is 16.5. The van der Waals surface area contributed by atoms with Crippen LogP contribution in [0.25, 0.3) is 0 Å². The van der Waals surface area contributed by atoms with Crippen molar-refractivity contribution in [2.45, 2.75) is 32.1 Å². The third kappa shape index (κ3) is 4.48. The Morgan fingerprint density at radius 1 is 1.47 bits per heavy atom. The van der Waals surface area contributed by atoms with E-state index in [0.717, 1.165) is 4.90 Å². The second kappa shape index (κ2) is 5.32. The van der Waals surface area contributed by atoms with Crippen molar-refractivity contribution in [1.82, 2.24) is 4.90 Å². The van der Waals surface area contributed by atoms with Gasteiger partial charge in [0.1, 0.15) is 6.04 Å². The highest BCUT2D eigenvalue weighted by Gasteiger charge is 2.45. The lowest BCUT2D eigenvalue weighted by Crippen LogP contribution is -2.56. The van der Waals surface area contributed by atoms with E-state index in [9.17, 15) is 18.0 Å². The Labute approximate surface area is 86.4 Å². The average Bonchev–Trinajstić information content (AvgIpc) is 1.98. The zero-order chi connectivity index (χ0) is 12.2. The van der Waals surface area contributed by atoms with Crippen LogP contribution < -0.4 is 11.5 Å². The smallest absolute Gasteiger partial charge is 0.369 e. The molecule has 0 fully saturated rings. The molecule has 0 aliphatic rings. The molecule has 0 aromatic rings. The minimum atomic E-state index is -4.46. The highest BCUT2D eigenvalue weighted by Crippen LogP contribution is 2.26. The molecule has 15 heavy (non-hydrogen) atoms. The predicted octanol–water partition coefficient (Wildman–Crippen LogP) is 0.0717. The van der Waals surface area contributed by atoms with E-state index in [1.54, 1.807) is 0 Å². The van der Waals surface area contributed by atoms with Crippen molar-refractivity contribution in [3.8, 4) is 0 Å². The van der Waals surface area contributed by atoms with Crippen LogP contribution in [-0.4, -0.2) is 42.2 Å². The molecular formula is C8H16F3N3O. The molecule has 90 valence electrons. The van der Waals surface area contributed by atoms with Crippen LogP contribution in [0.15, 0.2) is 0 Å². The molecule has 0 aromatic carbocycles. The van der Waals surface area contributed by atoms with E-state index in [-0.39, 0.29) is 6.54 Å². The fourth-order valence-electron chi connectivity index (χ4n) is 1.44. The number of hydrogen-bond acceptors (Lipinski definition) is 3. The fourth-order valence-corrected chi connectivity index (χ4v) is 1.44. The number of nitrogens with zero attached hydrogens (tertiary/aromatic N) is 1. The van der Waals surface area contributed by atoms with E-state index in [2.05, 4.69) is 0 Å². The number of carbonyl (C=O) groups excluding carboxylic acids is 1. The van der Waals surface area contributed by atoms with Crippen LogP contribution in [0.5, 0.6) is 0 Å². The molecule has 1 amide bonds. The Kier molecular flexibility index (Phi) is 5.02. The molecule has 0 heterocycles. The van der Waals surface area contributed by atoms with Crippen LogP contribution >= 0.6 is 0 Å². The molecule has 0 saturated carbocycles. The summed E-state index contributed by atoms with van der Waals surface area (Å²) in [5, 5.41) is 0. The van der Waals surface area contributed by atoms with Crippen LogP contribution in [0.3, 0.4) is 0 Å². The van der Waals surface area contributed by atoms with Crippen LogP contribution in [0.2, 0.25) is 0 Å². The molecule has 0 saturated heterocycles. The number of carbonyl (C=O) groups is 1. The van der Waals surface area contributed by atoms with Crippen molar-refractivity contribution in [1.29, 1.82) is 0 Å². The lowest BCUT2D eigenvalue weighted by Gasteiger charge is -2.33. The number of nitrogens with two attached hydrogens (primary N) is 2. The minimum Gasteiger partial charge on any atom is -0.369 e. The summed E-state index contributed by atoms with van der Waals surface area (Å²) in [6.45, 7) is 2.39. The molecule has 0 bridgehead atoms. The van der Waals surface area contributed by atoms with E-state index in [0.29, 0.717) is 0 Å². The molecule has 2 unspecified atom stereocenters. The SMILES string of the molecule is CCN(CC(N)=O)C(C(C)N)C(F)(F)F. The molecule has 0 spiro atoms. The molecule has 4 N–H and O–H groups in total. The second-order valence-electron chi connectivity index (χ2n) is 3.37. The summed E-state index contributed by atoms with van der Waals surface area (Å²) in [6.07, 6.45) is -4.46. The van der Waals surface area contributed by atoms with E-state index in [1.807, 2.05) is 0 Å². The number of likely N-dealkylation sites (N-methyl/N-ethyl adjacent to an activating group) is 1.